The third-order valence-corrected chi connectivity index (χ3v) is 2.17. The molecule has 0 saturated carbocycles. The molecule has 84 valence electrons. The predicted molar refractivity (Wildman–Crippen MR) is 60.9 cm³/mol. The highest BCUT2D eigenvalue weighted by Gasteiger charge is 1.99. The number of aliphatic hydroxyl groups excluding tert-OH is 1. The summed E-state index contributed by atoms with van der Waals surface area (Å²) in [7, 11) is 0. The first-order valence-electron chi connectivity index (χ1n) is 4.75. The molecule has 3 nitrogen and oxygen atoms in total. The fourth-order valence-electron chi connectivity index (χ4n) is 1.06. The van der Waals surface area contributed by atoms with Crippen molar-refractivity contribution in [3.8, 4) is 11.8 Å². The Morgan fingerprint density at radius 2 is 2.31 bits per heavy atom. The van der Waals surface area contributed by atoms with Gasteiger partial charge in [0, 0.05) is 16.5 Å². The molecule has 0 heterocycles. The normalized spacial score (nSPS) is 9.19. The van der Waals surface area contributed by atoms with E-state index in [1.165, 1.54) is 0 Å². The fourth-order valence-corrected chi connectivity index (χ4v) is 1.24. The highest BCUT2D eigenvalue weighted by Crippen LogP contribution is 2.16. The van der Waals surface area contributed by atoms with Crippen LogP contribution in [-0.4, -0.2) is 17.7 Å². The minimum absolute atomic E-state index is 0.159. The number of rotatable bonds is 2. The van der Waals surface area contributed by atoms with Crippen LogP contribution in [0, 0.1) is 11.8 Å². The minimum atomic E-state index is -0.567. The Kier molecular flexibility index (Phi) is 4.84. The molecule has 0 radical (unpaired) electrons. The minimum Gasteiger partial charge on any atom is -0.456 e. The van der Waals surface area contributed by atoms with Crippen molar-refractivity contribution in [1.29, 1.82) is 0 Å². The molecule has 0 unspecified atom stereocenters. The number of halogens is 1. The number of hydrogen-bond acceptors (Lipinski definition) is 3. The van der Waals surface area contributed by atoms with Gasteiger partial charge in [-0.05, 0) is 30.7 Å². The number of carbonyl (C=O) groups excluding carboxylic acids is 1. The van der Waals surface area contributed by atoms with Crippen LogP contribution in [0.15, 0.2) is 18.2 Å². The van der Waals surface area contributed by atoms with Gasteiger partial charge in [0.05, 0.1) is 13.2 Å². The number of hydrogen-bond donors (Lipinski definition) is 1. The quantitative estimate of drug-likeness (QED) is 0.631. The summed E-state index contributed by atoms with van der Waals surface area (Å²) in [6.07, 6.45) is 0. The molecule has 0 saturated heterocycles. The number of ether oxygens (including phenoxy) is 1. The van der Waals surface area contributed by atoms with E-state index in [0.717, 1.165) is 0 Å². The molecular formula is C12H11ClO3. The van der Waals surface area contributed by atoms with E-state index in [0.29, 0.717) is 22.8 Å². The zero-order valence-corrected chi connectivity index (χ0v) is 9.54. The van der Waals surface area contributed by atoms with E-state index in [1.54, 1.807) is 25.1 Å². The summed E-state index contributed by atoms with van der Waals surface area (Å²) in [6.45, 7) is 1.86. The van der Waals surface area contributed by atoms with Crippen molar-refractivity contribution in [3.63, 3.8) is 0 Å². The van der Waals surface area contributed by atoms with E-state index < -0.39 is 5.97 Å². The predicted octanol–water partition coefficient (Wildman–Crippen LogP) is 1.75. The van der Waals surface area contributed by atoms with Gasteiger partial charge < -0.3 is 9.84 Å². The zero-order valence-electron chi connectivity index (χ0n) is 8.79. The average molecular weight is 239 g/mol. The Hall–Kier alpha value is -1.50. The van der Waals surface area contributed by atoms with Gasteiger partial charge in [0.15, 0.2) is 0 Å². The molecule has 1 aromatic carbocycles. The average Bonchev–Trinajstić information content (AvgIpc) is 2.28. The lowest BCUT2D eigenvalue weighted by Crippen LogP contribution is -1.99. The molecule has 0 bridgehead atoms. The van der Waals surface area contributed by atoms with Crippen molar-refractivity contribution in [2.45, 2.75) is 13.5 Å². The van der Waals surface area contributed by atoms with Crippen LogP contribution in [-0.2, 0) is 16.1 Å². The topological polar surface area (TPSA) is 46.5 Å². The third-order valence-electron chi connectivity index (χ3n) is 1.80. The van der Waals surface area contributed by atoms with Crippen LogP contribution in [0.3, 0.4) is 0 Å². The van der Waals surface area contributed by atoms with Gasteiger partial charge in [-0.2, -0.15) is 0 Å². The molecule has 0 aliphatic carbocycles. The van der Waals surface area contributed by atoms with Crippen LogP contribution in [0.1, 0.15) is 18.1 Å². The lowest BCUT2D eigenvalue weighted by Gasteiger charge is -1.99. The van der Waals surface area contributed by atoms with Gasteiger partial charge in [-0.3, -0.25) is 0 Å². The van der Waals surface area contributed by atoms with Gasteiger partial charge in [-0.25, -0.2) is 4.79 Å². The second-order valence-corrected chi connectivity index (χ2v) is 3.34. The van der Waals surface area contributed by atoms with Gasteiger partial charge in [-0.15, -0.1) is 0 Å². The van der Waals surface area contributed by atoms with E-state index in [-0.39, 0.29) is 6.61 Å². The van der Waals surface area contributed by atoms with Crippen LogP contribution in [0.25, 0.3) is 0 Å². The molecule has 0 aromatic heterocycles. The molecule has 0 atom stereocenters. The SMILES string of the molecule is CCOC(=O)C#Cc1ccc(Cl)c(CO)c1. The molecule has 4 heteroatoms. The molecule has 0 aliphatic rings. The highest BCUT2D eigenvalue weighted by atomic mass is 35.5. The van der Waals surface area contributed by atoms with E-state index in [4.69, 9.17) is 16.7 Å². The summed E-state index contributed by atoms with van der Waals surface area (Å²) in [5, 5.41) is 9.46. The van der Waals surface area contributed by atoms with E-state index in [1.807, 2.05) is 0 Å². The van der Waals surface area contributed by atoms with Crippen LogP contribution in [0.5, 0.6) is 0 Å². The summed E-state index contributed by atoms with van der Waals surface area (Å²) >= 11 is 5.81. The lowest BCUT2D eigenvalue weighted by atomic mass is 10.1. The van der Waals surface area contributed by atoms with Crippen LogP contribution >= 0.6 is 11.6 Å². The largest absolute Gasteiger partial charge is 0.456 e. The van der Waals surface area contributed by atoms with Gasteiger partial charge >= 0.3 is 5.97 Å². The maximum atomic E-state index is 11.0. The molecule has 1 aromatic rings. The van der Waals surface area contributed by atoms with Crippen molar-refractivity contribution >= 4 is 17.6 Å². The van der Waals surface area contributed by atoms with Crippen molar-refractivity contribution in [2.24, 2.45) is 0 Å². The number of aliphatic hydroxyl groups is 1. The first kappa shape index (κ1) is 12.6. The van der Waals surface area contributed by atoms with Crippen LogP contribution in [0.4, 0.5) is 0 Å². The Bertz CT molecular complexity index is 443. The van der Waals surface area contributed by atoms with Crippen molar-refractivity contribution in [3.05, 3.63) is 34.3 Å². The maximum absolute atomic E-state index is 11.0. The second kappa shape index (κ2) is 6.16. The van der Waals surface area contributed by atoms with E-state index in [9.17, 15) is 4.79 Å². The third kappa shape index (κ3) is 3.58. The Balaban J connectivity index is 2.85. The zero-order chi connectivity index (χ0) is 12.0. The first-order valence-corrected chi connectivity index (χ1v) is 5.13. The molecule has 0 spiro atoms. The van der Waals surface area contributed by atoms with E-state index in [2.05, 4.69) is 16.6 Å². The Morgan fingerprint density at radius 1 is 1.56 bits per heavy atom. The van der Waals surface area contributed by atoms with Crippen LogP contribution in [0.2, 0.25) is 5.02 Å². The Labute approximate surface area is 99.0 Å². The van der Waals surface area contributed by atoms with Crippen molar-refractivity contribution < 1.29 is 14.6 Å². The van der Waals surface area contributed by atoms with E-state index >= 15 is 0 Å². The fraction of sp³-hybridized carbons (Fsp3) is 0.250. The Morgan fingerprint density at radius 3 is 2.94 bits per heavy atom. The molecule has 0 aliphatic heterocycles. The molecule has 1 N–H and O–H groups in total. The van der Waals surface area contributed by atoms with Gasteiger partial charge in [-0.1, -0.05) is 17.5 Å². The van der Waals surface area contributed by atoms with Gasteiger partial charge in [0.1, 0.15) is 0 Å². The smallest absolute Gasteiger partial charge is 0.384 e. The van der Waals surface area contributed by atoms with Crippen molar-refractivity contribution in [1.82, 2.24) is 0 Å². The summed E-state index contributed by atoms with van der Waals surface area (Å²) in [6, 6.07) is 4.94. The summed E-state index contributed by atoms with van der Waals surface area (Å²) < 4.78 is 4.66. The summed E-state index contributed by atoms with van der Waals surface area (Å²) in [5.41, 5.74) is 1.19. The maximum Gasteiger partial charge on any atom is 0.384 e. The summed E-state index contributed by atoms with van der Waals surface area (Å²) in [5.74, 6) is 4.40. The number of carbonyl (C=O) groups is 1. The number of esters is 1. The number of benzene rings is 1. The molecule has 0 fully saturated rings. The molecule has 16 heavy (non-hydrogen) atoms. The molecule has 0 amide bonds. The standard InChI is InChI=1S/C12H11ClO3/c1-2-16-12(15)6-4-9-3-5-11(13)10(7-9)8-14/h3,5,7,14H,2,8H2,1H3. The van der Waals surface area contributed by atoms with Crippen molar-refractivity contribution in [2.75, 3.05) is 6.61 Å². The van der Waals surface area contributed by atoms with Crippen LogP contribution < -0.4 is 0 Å². The van der Waals surface area contributed by atoms with Gasteiger partial charge in [0.25, 0.3) is 0 Å². The highest BCUT2D eigenvalue weighted by molar-refractivity contribution is 6.31. The summed E-state index contributed by atoms with van der Waals surface area (Å²) in [4.78, 5) is 11.0. The monoisotopic (exact) mass is 238 g/mol. The first-order chi connectivity index (χ1) is 7.67. The second-order valence-electron chi connectivity index (χ2n) is 2.93. The molecular weight excluding hydrogens is 228 g/mol. The molecule has 1 rings (SSSR count). The lowest BCUT2D eigenvalue weighted by molar-refractivity contribution is -0.136. The van der Waals surface area contributed by atoms with Gasteiger partial charge in [0.2, 0.25) is 0 Å².